The number of amides is 1. The summed E-state index contributed by atoms with van der Waals surface area (Å²) >= 11 is 0. The SMILES string of the molecule is CCN(CC)C(=O)C1CCCN(c2nc(NCCc3ccc(OC)cc3)c3cc(OC)c(OC)cc3n2)C1. The lowest BCUT2D eigenvalue weighted by Gasteiger charge is -2.34. The zero-order chi connectivity index (χ0) is 27.1. The van der Waals surface area contributed by atoms with E-state index < -0.39 is 0 Å². The Morgan fingerprint density at radius 1 is 1.03 bits per heavy atom. The third kappa shape index (κ3) is 6.03. The maximum Gasteiger partial charge on any atom is 0.227 e. The zero-order valence-electron chi connectivity index (χ0n) is 23.1. The standard InChI is InChI=1S/C29H39N5O4/c1-6-33(7-2)28(35)21-9-8-16-34(19-21)29-31-24-18-26(38-5)25(37-4)17-23(24)27(32-29)30-15-14-20-10-12-22(36-3)13-11-20/h10-13,17-18,21H,6-9,14-16,19H2,1-5H3,(H,30,31,32). The summed E-state index contributed by atoms with van der Waals surface area (Å²) < 4.78 is 16.4. The Morgan fingerprint density at radius 2 is 1.74 bits per heavy atom. The van der Waals surface area contributed by atoms with Crippen LogP contribution in [0.2, 0.25) is 0 Å². The molecular formula is C29H39N5O4. The Hall–Kier alpha value is -3.75. The highest BCUT2D eigenvalue weighted by molar-refractivity contribution is 5.93. The quantitative estimate of drug-likeness (QED) is 0.397. The van der Waals surface area contributed by atoms with Gasteiger partial charge in [-0.2, -0.15) is 4.98 Å². The van der Waals surface area contributed by atoms with Gasteiger partial charge >= 0.3 is 0 Å². The van der Waals surface area contributed by atoms with E-state index in [9.17, 15) is 4.79 Å². The zero-order valence-corrected chi connectivity index (χ0v) is 23.1. The van der Waals surface area contributed by atoms with E-state index in [1.165, 1.54) is 5.56 Å². The number of methoxy groups -OCH3 is 3. The molecule has 3 aromatic rings. The molecule has 0 saturated carbocycles. The number of benzene rings is 2. The minimum absolute atomic E-state index is 0.0557. The van der Waals surface area contributed by atoms with Gasteiger partial charge in [-0.1, -0.05) is 12.1 Å². The van der Waals surface area contributed by atoms with Crippen molar-refractivity contribution in [1.82, 2.24) is 14.9 Å². The number of carbonyl (C=O) groups excluding carboxylic acids is 1. The van der Waals surface area contributed by atoms with Crippen LogP contribution in [-0.4, -0.2) is 74.8 Å². The highest BCUT2D eigenvalue weighted by Gasteiger charge is 2.30. The van der Waals surface area contributed by atoms with E-state index in [0.29, 0.717) is 30.5 Å². The van der Waals surface area contributed by atoms with Gasteiger partial charge in [0, 0.05) is 44.2 Å². The van der Waals surface area contributed by atoms with Crippen molar-refractivity contribution >= 4 is 28.6 Å². The number of aromatic nitrogens is 2. The highest BCUT2D eigenvalue weighted by atomic mass is 16.5. The first-order valence-corrected chi connectivity index (χ1v) is 13.4. The number of hydrogen-bond acceptors (Lipinski definition) is 8. The molecule has 0 radical (unpaired) electrons. The first kappa shape index (κ1) is 27.3. The molecule has 1 saturated heterocycles. The molecule has 2 heterocycles. The summed E-state index contributed by atoms with van der Waals surface area (Å²) in [6, 6.07) is 11.9. The molecule has 0 aliphatic carbocycles. The maximum atomic E-state index is 13.1. The number of nitrogens with zero attached hydrogens (tertiary/aromatic N) is 4. The number of piperidine rings is 1. The van der Waals surface area contributed by atoms with Gasteiger partial charge in [-0.15, -0.1) is 0 Å². The first-order chi connectivity index (χ1) is 18.5. The van der Waals surface area contributed by atoms with E-state index in [1.807, 2.05) is 43.0 Å². The Bertz CT molecular complexity index is 1230. The molecule has 1 aliphatic rings. The van der Waals surface area contributed by atoms with Crippen LogP contribution >= 0.6 is 0 Å². The van der Waals surface area contributed by atoms with Gasteiger partial charge in [-0.25, -0.2) is 4.98 Å². The second kappa shape index (κ2) is 12.7. The minimum Gasteiger partial charge on any atom is -0.497 e. The molecule has 9 nitrogen and oxygen atoms in total. The number of carbonyl (C=O) groups is 1. The van der Waals surface area contributed by atoms with Gasteiger partial charge in [0.2, 0.25) is 11.9 Å². The third-order valence-corrected chi connectivity index (χ3v) is 7.18. The summed E-state index contributed by atoms with van der Waals surface area (Å²) in [6.45, 7) is 7.62. The molecule has 1 unspecified atom stereocenters. The number of hydrogen-bond donors (Lipinski definition) is 1. The van der Waals surface area contributed by atoms with Gasteiger partial charge in [0.25, 0.3) is 0 Å². The highest BCUT2D eigenvalue weighted by Crippen LogP contribution is 2.35. The second-order valence-electron chi connectivity index (χ2n) is 9.42. The van der Waals surface area contributed by atoms with E-state index in [-0.39, 0.29) is 11.8 Å². The van der Waals surface area contributed by atoms with Crippen molar-refractivity contribution < 1.29 is 19.0 Å². The molecule has 4 rings (SSSR count). The summed E-state index contributed by atoms with van der Waals surface area (Å²) in [7, 11) is 4.91. The molecule has 1 fully saturated rings. The second-order valence-corrected chi connectivity index (χ2v) is 9.42. The van der Waals surface area contributed by atoms with Gasteiger partial charge in [0.05, 0.1) is 32.8 Å². The molecule has 204 valence electrons. The largest absolute Gasteiger partial charge is 0.497 e. The molecule has 1 amide bonds. The van der Waals surface area contributed by atoms with Gasteiger partial charge in [-0.3, -0.25) is 4.79 Å². The number of nitrogens with one attached hydrogen (secondary N) is 1. The van der Waals surface area contributed by atoms with Crippen LogP contribution in [0.5, 0.6) is 17.2 Å². The van der Waals surface area contributed by atoms with Crippen LogP contribution in [0.15, 0.2) is 36.4 Å². The van der Waals surface area contributed by atoms with E-state index in [4.69, 9.17) is 24.2 Å². The Labute approximate surface area is 225 Å². The lowest BCUT2D eigenvalue weighted by molar-refractivity contribution is -0.135. The maximum absolute atomic E-state index is 13.1. The monoisotopic (exact) mass is 521 g/mol. The Kier molecular flexibility index (Phi) is 9.10. The number of rotatable bonds is 11. The fraction of sp³-hybridized carbons (Fsp3) is 0.483. The Morgan fingerprint density at radius 3 is 2.39 bits per heavy atom. The smallest absolute Gasteiger partial charge is 0.227 e. The first-order valence-electron chi connectivity index (χ1n) is 13.4. The summed E-state index contributed by atoms with van der Waals surface area (Å²) in [5.41, 5.74) is 1.96. The van der Waals surface area contributed by atoms with Gasteiger partial charge in [-0.05, 0) is 56.9 Å². The predicted octanol–water partition coefficient (Wildman–Crippen LogP) is 4.40. The molecule has 1 N–H and O–H groups in total. The van der Waals surface area contributed by atoms with Crippen LogP contribution in [0.3, 0.4) is 0 Å². The van der Waals surface area contributed by atoms with Crippen LogP contribution in [0.1, 0.15) is 32.3 Å². The summed E-state index contributed by atoms with van der Waals surface area (Å²) in [4.78, 5) is 27.0. The molecular weight excluding hydrogens is 482 g/mol. The summed E-state index contributed by atoms with van der Waals surface area (Å²) in [6.07, 6.45) is 2.63. The van der Waals surface area contributed by atoms with Gasteiger partial charge in [0.15, 0.2) is 11.5 Å². The fourth-order valence-electron chi connectivity index (χ4n) is 4.99. The van der Waals surface area contributed by atoms with Crippen LogP contribution < -0.4 is 24.4 Å². The van der Waals surface area contributed by atoms with Crippen molar-refractivity contribution in [1.29, 1.82) is 0 Å². The normalized spacial score (nSPS) is 15.3. The van der Waals surface area contributed by atoms with Crippen LogP contribution in [0.25, 0.3) is 10.9 Å². The van der Waals surface area contributed by atoms with Crippen molar-refractivity contribution in [3.05, 3.63) is 42.0 Å². The summed E-state index contributed by atoms with van der Waals surface area (Å²) in [5, 5.41) is 4.38. The van der Waals surface area contributed by atoms with Crippen molar-refractivity contribution in [2.45, 2.75) is 33.1 Å². The average Bonchev–Trinajstić information content (AvgIpc) is 2.97. The third-order valence-electron chi connectivity index (χ3n) is 7.18. The van der Waals surface area contributed by atoms with Gasteiger partial charge < -0.3 is 29.3 Å². The number of fused-ring (bicyclic) bond motifs is 1. The molecule has 9 heteroatoms. The average molecular weight is 522 g/mol. The lowest BCUT2D eigenvalue weighted by atomic mass is 9.96. The van der Waals surface area contributed by atoms with Crippen molar-refractivity contribution in [3.63, 3.8) is 0 Å². The van der Waals surface area contributed by atoms with Crippen molar-refractivity contribution in [3.8, 4) is 17.2 Å². The van der Waals surface area contributed by atoms with E-state index in [0.717, 1.165) is 61.4 Å². The predicted molar refractivity (Wildman–Crippen MR) is 151 cm³/mol. The Balaban J connectivity index is 1.62. The molecule has 2 aromatic carbocycles. The number of anilines is 2. The van der Waals surface area contributed by atoms with Crippen LogP contribution in [0, 0.1) is 5.92 Å². The molecule has 1 aromatic heterocycles. The van der Waals surface area contributed by atoms with Crippen LogP contribution in [0.4, 0.5) is 11.8 Å². The van der Waals surface area contributed by atoms with Crippen molar-refractivity contribution in [2.24, 2.45) is 5.92 Å². The van der Waals surface area contributed by atoms with Crippen LogP contribution in [-0.2, 0) is 11.2 Å². The molecule has 0 spiro atoms. The topological polar surface area (TPSA) is 89.1 Å². The number of ether oxygens (including phenoxy) is 3. The van der Waals surface area contributed by atoms with E-state index >= 15 is 0 Å². The molecule has 0 bridgehead atoms. The molecule has 1 atom stereocenters. The van der Waals surface area contributed by atoms with Crippen molar-refractivity contribution in [2.75, 3.05) is 64.3 Å². The molecule has 38 heavy (non-hydrogen) atoms. The summed E-state index contributed by atoms with van der Waals surface area (Å²) in [5.74, 6) is 3.59. The molecule has 1 aliphatic heterocycles. The fourth-order valence-corrected chi connectivity index (χ4v) is 4.99. The van der Waals surface area contributed by atoms with E-state index in [1.54, 1.807) is 21.3 Å². The van der Waals surface area contributed by atoms with E-state index in [2.05, 4.69) is 22.3 Å². The van der Waals surface area contributed by atoms with Gasteiger partial charge in [0.1, 0.15) is 11.6 Å². The minimum atomic E-state index is -0.0557. The lowest BCUT2D eigenvalue weighted by Crippen LogP contribution is -2.45.